The third kappa shape index (κ3) is 5.63. The van der Waals surface area contributed by atoms with Gasteiger partial charge in [0.1, 0.15) is 5.65 Å². The highest BCUT2D eigenvalue weighted by Gasteiger charge is 2.20. The maximum atomic E-state index is 12.9. The molecule has 0 radical (unpaired) electrons. The largest absolute Gasteiger partial charge is 0.489 e. The van der Waals surface area contributed by atoms with E-state index in [9.17, 15) is 13.6 Å². The number of esters is 1. The molecule has 0 N–H and O–H groups in total. The lowest BCUT2D eigenvalue weighted by Gasteiger charge is -2.21. The zero-order chi connectivity index (χ0) is 23.3. The number of hydrogen-bond acceptors (Lipinski definition) is 5. The Kier molecular flexibility index (Phi) is 7.12. The number of rotatable bonds is 8. The topological polar surface area (TPSA) is 62.1 Å². The molecule has 0 aliphatic carbocycles. The van der Waals surface area contributed by atoms with Gasteiger partial charge in [0.25, 0.3) is 0 Å². The fraction of sp³-hybridized carbons (Fsp3) is 0.333. The number of halogens is 2. The second-order valence-electron chi connectivity index (χ2n) is 8.23. The molecular formula is C24H26F2N2O4. The van der Waals surface area contributed by atoms with Crippen molar-refractivity contribution in [3.8, 4) is 11.5 Å². The maximum Gasteiger partial charge on any atom is 0.387 e. The van der Waals surface area contributed by atoms with Gasteiger partial charge < -0.3 is 14.2 Å². The maximum absolute atomic E-state index is 12.9. The average Bonchev–Trinajstić information content (AvgIpc) is 3.09. The predicted molar refractivity (Wildman–Crippen MR) is 118 cm³/mol. The minimum atomic E-state index is -2.99. The highest BCUT2D eigenvalue weighted by atomic mass is 19.3. The van der Waals surface area contributed by atoms with E-state index in [1.807, 2.05) is 26.8 Å². The zero-order valence-electron chi connectivity index (χ0n) is 18.5. The van der Waals surface area contributed by atoms with Gasteiger partial charge in [-0.3, -0.25) is 4.40 Å². The zero-order valence-corrected chi connectivity index (χ0v) is 18.5. The second kappa shape index (κ2) is 9.80. The summed E-state index contributed by atoms with van der Waals surface area (Å²) in [7, 11) is 0. The Balaban J connectivity index is 2.04. The van der Waals surface area contributed by atoms with Crippen molar-refractivity contribution in [3.63, 3.8) is 0 Å². The van der Waals surface area contributed by atoms with Crippen LogP contribution in [0.1, 0.15) is 49.4 Å². The fourth-order valence-electron chi connectivity index (χ4n) is 3.00. The summed E-state index contributed by atoms with van der Waals surface area (Å²) in [6, 6.07) is 10.1. The van der Waals surface area contributed by atoms with Crippen LogP contribution in [0.25, 0.3) is 17.8 Å². The van der Waals surface area contributed by atoms with Gasteiger partial charge in [0.15, 0.2) is 17.2 Å². The number of imidazole rings is 1. The highest BCUT2D eigenvalue weighted by molar-refractivity contribution is 5.94. The first kappa shape index (κ1) is 23.2. The first-order valence-electron chi connectivity index (χ1n) is 10.2. The standard InChI is InChI=1S/C24H26F2N2O4/c1-5-30-22(29)20-17(27-19-11-6-7-14-28(19)20)13-12-16-9-8-10-18(32-23(25)26)21(16)31-15-24(2,3)4/h6-14,23H,5,15H2,1-4H3/b13-12+. The van der Waals surface area contributed by atoms with Gasteiger partial charge in [0.05, 0.1) is 18.9 Å². The molecule has 3 aromatic rings. The number of aromatic nitrogens is 2. The molecule has 0 spiro atoms. The summed E-state index contributed by atoms with van der Waals surface area (Å²) in [5.41, 5.74) is 1.55. The lowest BCUT2D eigenvalue weighted by atomic mass is 9.98. The Bertz CT molecular complexity index is 1120. The molecule has 6 nitrogen and oxygen atoms in total. The molecule has 1 aromatic carbocycles. The van der Waals surface area contributed by atoms with Crippen LogP contribution < -0.4 is 9.47 Å². The van der Waals surface area contributed by atoms with Crippen molar-refractivity contribution in [1.29, 1.82) is 0 Å². The summed E-state index contributed by atoms with van der Waals surface area (Å²) >= 11 is 0. The minimum Gasteiger partial charge on any atom is -0.489 e. The number of ether oxygens (including phenoxy) is 3. The van der Waals surface area contributed by atoms with Crippen LogP contribution >= 0.6 is 0 Å². The Morgan fingerprint density at radius 1 is 1.16 bits per heavy atom. The van der Waals surface area contributed by atoms with E-state index < -0.39 is 12.6 Å². The van der Waals surface area contributed by atoms with E-state index in [0.717, 1.165) is 0 Å². The predicted octanol–water partition coefficient (Wildman–Crippen LogP) is 5.71. The number of para-hydroxylation sites is 1. The number of fused-ring (bicyclic) bond motifs is 1. The van der Waals surface area contributed by atoms with Gasteiger partial charge >= 0.3 is 12.6 Å². The lowest BCUT2D eigenvalue weighted by Crippen LogP contribution is -2.18. The molecule has 0 aliphatic rings. The summed E-state index contributed by atoms with van der Waals surface area (Å²) < 4.78 is 43.2. The van der Waals surface area contributed by atoms with Crippen LogP contribution in [0.4, 0.5) is 8.78 Å². The van der Waals surface area contributed by atoms with E-state index >= 15 is 0 Å². The lowest BCUT2D eigenvalue weighted by molar-refractivity contribution is -0.0517. The number of nitrogens with zero attached hydrogens (tertiary/aromatic N) is 2. The van der Waals surface area contributed by atoms with Crippen LogP contribution in [-0.2, 0) is 4.74 Å². The van der Waals surface area contributed by atoms with Gasteiger partial charge in [-0.25, -0.2) is 9.78 Å². The molecule has 0 bridgehead atoms. The normalized spacial score (nSPS) is 12.0. The Morgan fingerprint density at radius 2 is 1.94 bits per heavy atom. The summed E-state index contributed by atoms with van der Waals surface area (Å²) in [5.74, 6) is -0.378. The van der Waals surface area contributed by atoms with Gasteiger partial charge in [-0.2, -0.15) is 8.78 Å². The number of carbonyl (C=O) groups is 1. The Morgan fingerprint density at radius 3 is 2.62 bits per heavy atom. The van der Waals surface area contributed by atoms with Crippen LogP contribution in [0, 0.1) is 5.41 Å². The molecule has 8 heteroatoms. The molecule has 0 fully saturated rings. The van der Waals surface area contributed by atoms with Crippen molar-refractivity contribution >= 4 is 23.8 Å². The third-order valence-electron chi connectivity index (χ3n) is 4.32. The molecule has 0 saturated heterocycles. The number of alkyl halides is 2. The molecular weight excluding hydrogens is 418 g/mol. The molecule has 0 aliphatic heterocycles. The molecule has 2 aromatic heterocycles. The first-order chi connectivity index (χ1) is 15.2. The van der Waals surface area contributed by atoms with Gasteiger partial charge in [-0.1, -0.05) is 39.0 Å². The number of hydrogen-bond donors (Lipinski definition) is 0. The van der Waals surface area contributed by atoms with Crippen molar-refractivity contribution in [1.82, 2.24) is 9.38 Å². The molecule has 0 saturated carbocycles. The van der Waals surface area contributed by atoms with Crippen molar-refractivity contribution in [3.05, 3.63) is 59.5 Å². The van der Waals surface area contributed by atoms with Gasteiger partial charge in [-0.05, 0) is 42.7 Å². The van der Waals surface area contributed by atoms with E-state index in [-0.39, 0.29) is 29.2 Å². The Hall–Kier alpha value is -3.42. The third-order valence-corrected chi connectivity index (χ3v) is 4.32. The van der Waals surface area contributed by atoms with Crippen molar-refractivity contribution in [2.45, 2.75) is 34.3 Å². The molecule has 3 rings (SSSR count). The summed E-state index contributed by atoms with van der Waals surface area (Å²) in [6.45, 7) is 5.17. The molecule has 170 valence electrons. The van der Waals surface area contributed by atoms with Crippen LogP contribution in [-0.4, -0.2) is 35.2 Å². The molecule has 0 unspecified atom stereocenters. The SMILES string of the molecule is CCOC(=O)c1c(/C=C/c2cccc(OC(F)F)c2OCC(C)(C)C)nc2ccccn12. The summed E-state index contributed by atoms with van der Waals surface area (Å²) in [5, 5.41) is 0. The fourth-order valence-corrected chi connectivity index (χ4v) is 3.00. The molecule has 0 atom stereocenters. The van der Waals surface area contributed by atoms with Crippen molar-refractivity contribution in [2.24, 2.45) is 5.41 Å². The van der Waals surface area contributed by atoms with Crippen LogP contribution in [0.2, 0.25) is 0 Å². The van der Waals surface area contributed by atoms with E-state index in [1.54, 1.807) is 53.9 Å². The van der Waals surface area contributed by atoms with E-state index in [2.05, 4.69) is 9.72 Å². The second-order valence-corrected chi connectivity index (χ2v) is 8.23. The average molecular weight is 444 g/mol. The van der Waals surface area contributed by atoms with Crippen molar-refractivity contribution < 1.29 is 27.8 Å². The smallest absolute Gasteiger partial charge is 0.387 e. The van der Waals surface area contributed by atoms with E-state index in [1.165, 1.54) is 6.07 Å². The monoisotopic (exact) mass is 444 g/mol. The quantitative estimate of drug-likeness (QED) is 0.417. The van der Waals surface area contributed by atoms with Crippen LogP contribution in [0.3, 0.4) is 0 Å². The van der Waals surface area contributed by atoms with E-state index in [4.69, 9.17) is 9.47 Å². The molecule has 32 heavy (non-hydrogen) atoms. The van der Waals surface area contributed by atoms with E-state index in [0.29, 0.717) is 23.5 Å². The number of benzene rings is 1. The van der Waals surface area contributed by atoms with Crippen LogP contribution in [0.5, 0.6) is 11.5 Å². The Labute approximate surface area is 185 Å². The van der Waals surface area contributed by atoms with Gasteiger partial charge in [0.2, 0.25) is 0 Å². The summed E-state index contributed by atoms with van der Waals surface area (Å²) in [6.07, 6.45) is 5.01. The molecule has 0 amide bonds. The first-order valence-corrected chi connectivity index (χ1v) is 10.2. The number of carbonyl (C=O) groups excluding carboxylic acids is 1. The van der Waals surface area contributed by atoms with Crippen LogP contribution in [0.15, 0.2) is 42.6 Å². The van der Waals surface area contributed by atoms with Crippen molar-refractivity contribution in [2.75, 3.05) is 13.2 Å². The number of pyridine rings is 1. The summed E-state index contributed by atoms with van der Waals surface area (Å²) in [4.78, 5) is 17.1. The van der Waals surface area contributed by atoms with Gasteiger partial charge in [0, 0.05) is 11.8 Å². The molecule has 2 heterocycles. The minimum absolute atomic E-state index is 0.0629. The van der Waals surface area contributed by atoms with Gasteiger partial charge in [-0.15, -0.1) is 0 Å². The highest BCUT2D eigenvalue weighted by Crippen LogP contribution is 2.35.